The van der Waals surface area contributed by atoms with Crippen molar-refractivity contribution in [3.63, 3.8) is 0 Å². The number of carbonyl (C=O) groups excluding carboxylic acids is 1. The highest BCUT2D eigenvalue weighted by Gasteiger charge is 2.20. The molecule has 0 aromatic carbocycles. The Hall–Kier alpha value is -1.62. The van der Waals surface area contributed by atoms with Crippen LogP contribution in [0.5, 0.6) is 0 Å². The molecule has 0 aliphatic heterocycles. The molecule has 0 N–H and O–H groups in total. The number of nitrogens with zero attached hydrogens (tertiary/aromatic N) is 2. The van der Waals surface area contributed by atoms with Gasteiger partial charge >= 0.3 is 0 Å². The van der Waals surface area contributed by atoms with E-state index in [1.807, 2.05) is 13.8 Å². The Bertz CT molecular complexity index is 493. The average Bonchev–Trinajstić information content (AvgIpc) is 2.35. The van der Waals surface area contributed by atoms with Crippen LogP contribution in [0.15, 0.2) is 16.9 Å². The van der Waals surface area contributed by atoms with Crippen LogP contribution < -0.4 is 5.56 Å². The van der Waals surface area contributed by atoms with Gasteiger partial charge in [-0.15, -0.1) is 0 Å². The molecule has 1 aromatic heterocycles. The van der Waals surface area contributed by atoms with Gasteiger partial charge in [-0.2, -0.15) is 0 Å². The Morgan fingerprint density at radius 1 is 1.50 bits per heavy atom. The van der Waals surface area contributed by atoms with E-state index < -0.39 is 0 Å². The zero-order valence-corrected chi connectivity index (χ0v) is 11.6. The van der Waals surface area contributed by atoms with Gasteiger partial charge < -0.3 is 14.2 Å². The van der Waals surface area contributed by atoms with Crippen LogP contribution in [0.3, 0.4) is 0 Å². The third kappa shape index (κ3) is 2.79. The van der Waals surface area contributed by atoms with Crippen LogP contribution in [0.25, 0.3) is 0 Å². The minimum Gasteiger partial charge on any atom is -0.383 e. The molecule has 0 spiro atoms. The second-order valence-corrected chi connectivity index (χ2v) is 4.47. The van der Waals surface area contributed by atoms with E-state index in [2.05, 4.69) is 0 Å². The second-order valence-electron chi connectivity index (χ2n) is 4.47. The molecule has 0 fully saturated rings. The summed E-state index contributed by atoms with van der Waals surface area (Å²) in [5, 5.41) is 0. The van der Waals surface area contributed by atoms with Gasteiger partial charge in [0, 0.05) is 26.9 Å². The third-order valence-electron chi connectivity index (χ3n) is 3.18. The molecule has 1 atom stereocenters. The minimum atomic E-state index is -0.278. The first-order chi connectivity index (χ1) is 8.40. The maximum atomic E-state index is 12.2. The highest BCUT2D eigenvalue weighted by molar-refractivity contribution is 5.93. The van der Waals surface area contributed by atoms with Crippen LogP contribution in [0, 0.1) is 6.92 Å². The van der Waals surface area contributed by atoms with E-state index in [0.717, 1.165) is 5.69 Å². The SMILES string of the molecule is COC[C@H](C)N(C)C(=O)c1ccc(C)n(C)c1=O. The zero-order chi connectivity index (χ0) is 13.9. The maximum Gasteiger partial charge on any atom is 0.263 e. The van der Waals surface area contributed by atoms with Gasteiger partial charge in [-0.05, 0) is 26.0 Å². The number of hydrogen-bond donors (Lipinski definition) is 0. The summed E-state index contributed by atoms with van der Waals surface area (Å²) in [7, 11) is 4.91. The summed E-state index contributed by atoms with van der Waals surface area (Å²) in [5.74, 6) is -0.278. The van der Waals surface area contributed by atoms with Crippen LogP contribution in [-0.4, -0.2) is 42.2 Å². The van der Waals surface area contributed by atoms with Crippen LogP contribution in [0.1, 0.15) is 23.0 Å². The summed E-state index contributed by atoms with van der Waals surface area (Å²) in [6.07, 6.45) is 0. The average molecular weight is 252 g/mol. The normalized spacial score (nSPS) is 12.3. The molecular formula is C13H20N2O3. The Morgan fingerprint density at radius 2 is 2.11 bits per heavy atom. The number of hydrogen-bond acceptors (Lipinski definition) is 3. The first-order valence-corrected chi connectivity index (χ1v) is 5.82. The van der Waals surface area contributed by atoms with Gasteiger partial charge in [0.2, 0.25) is 0 Å². The van der Waals surface area contributed by atoms with Crippen molar-refractivity contribution in [2.45, 2.75) is 19.9 Å². The summed E-state index contributed by atoms with van der Waals surface area (Å²) >= 11 is 0. The van der Waals surface area contributed by atoms with E-state index in [0.29, 0.717) is 6.61 Å². The number of amides is 1. The van der Waals surface area contributed by atoms with Crippen molar-refractivity contribution >= 4 is 5.91 Å². The molecule has 1 rings (SSSR count). The molecule has 1 heterocycles. The van der Waals surface area contributed by atoms with Gasteiger partial charge in [-0.25, -0.2) is 0 Å². The Balaban J connectivity index is 3.05. The molecule has 0 aliphatic carbocycles. The van der Waals surface area contributed by atoms with Crippen LogP contribution in [0.4, 0.5) is 0 Å². The van der Waals surface area contributed by atoms with Gasteiger partial charge in [-0.1, -0.05) is 0 Å². The van der Waals surface area contributed by atoms with Crippen LogP contribution >= 0.6 is 0 Å². The second kappa shape index (κ2) is 5.82. The third-order valence-corrected chi connectivity index (χ3v) is 3.18. The molecule has 0 saturated carbocycles. The summed E-state index contributed by atoms with van der Waals surface area (Å²) in [6.45, 7) is 4.14. The van der Waals surface area contributed by atoms with Crippen molar-refractivity contribution in [2.24, 2.45) is 7.05 Å². The van der Waals surface area contributed by atoms with Gasteiger partial charge in [-0.3, -0.25) is 9.59 Å². The van der Waals surface area contributed by atoms with E-state index in [4.69, 9.17) is 4.74 Å². The van der Waals surface area contributed by atoms with Crippen LogP contribution in [0.2, 0.25) is 0 Å². The van der Waals surface area contributed by atoms with E-state index >= 15 is 0 Å². The highest BCUT2D eigenvalue weighted by atomic mass is 16.5. The smallest absolute Gasteiger partial charge is 0.263 e. The molecule has 0 aliphatic rings. The van der Waals surface area contributed by atoms with Crippen molar-refractivity contribution in [2.75, 3.05) is 20.8 Å². The molecular weight excluding hydrogens is 232 g/mol. The number of pyridine rings is 1. The number of carbonyl (C=O) groups is 1. The van der Waals surface area contributed by atoms with Crippen molar-refractivity contribution in [1.29, 1.82) is 0 Å². The van der Waals surface area contributed by atoms with Crippen molar-refractivity contribution in [3.8, 4) is 0 Å². The Kier molecular flexibility index (Phi) is 4.67. The van der Waals surface area contributed by atoms with Gasteiger partial charge in [0.1, 0.15) is 5.56 Å². The van der Waals surface area contributed by atoms with E-state index in [-0.39, 0.29) is 23.1 Å². The molecule has 0 radical (unpaired) electrons. The minimum absolute atomic E-state index is 0.0755. The van der Waals surface area contributed by atoms with Crippen molar-refractivity contribution in [1.82, 2.24) is 9.47 Å². The fourth-order valence-corrected chi connectivity index (χ4v) is 1.63. The quantitative estimate of drug-likeness (QED) is 0.796. The summed E-state index contributed by atoms with van der Waals surface area (Å²) in [6, 6.07) is 3.27. The summed E-state index contributed by atoms with van der Waals surface area (Å²) in [5.41, 5.74) is 0.745. The Labute approximate surface area is 107 Å². The topological polar surface area (TPSA) is 51.5 Å². The molecule has 100 valence electrons. The molecule has 5 nitrogen and oxygen atoms in total. The van der Waals surface area contributed by atoms with E-state index in [1.54, 1.807) is 33.3 Å². The predicted octanol–water partition coefficient (Wildman–Crippen LogP) is 0.801. The lowest BCUT2D eigenvalue weighted by atomic mass is 10.2. The molecule has 0 saturated heterocycles. The van der Waals surface area contributed by atoms with E-state index in [9.17, 15) is 9.59 Å². The molecule has 18 heavy (non-hydrogen) atoms. The fourth-order valence-electron chi connectivity index (χ4n) is 1.63. The highest BCUT2D eigenvalue weighted by Crippen LogP contribution is 2.04. The molecule has 0 unspecified atom stereocenters. The van der Waals surface area contributed by atoms with Gasteiger partial charge in [0.25, 0.3) is 11.5 Å². The standard InChI is InChI=1S/C13H20N2O3/c1-9-6-7-11(12(16)14(9)3)13(17)15(4)10(2)8-18-5/h6-7,10H,8H2,1-5H3/t10-/m0/s1. The lowest BCUT2D eigenvalue weighted by Gasteiger charge is -2.24. The lowest BCUT2D eigenvalue weighted by Crippen LogP contribution is -2.41. The lowest BCUT2D eigenvalue weighted by molar-refractivity contribution is 0.0631. The van der Waals surface area contributed by atoms with Gasteiger partial charge in [0.05, 0.1) is 12.6 Å². The monoisotopic (exact) mass is 252 g/mol. The summed E-state index contributed by atoms with van der Waals surface area (Å²) in [4.78, 5) is 25.7. The number of methoxy groups -OCH3 is 1. The largest absolute Gasteiger partial charge is 0.383 e. The first kappa shape index (κ1) is 14.4. The maximum absolute atomic E-state index is 12.2. The molecule has 1 aromatic rings. The number of aromatic nitrogens is 1. The van der Waals surface area contributed by atoms with E-state index in [1.165, 1.54) is 9.47 Å². The molecule has 1 amide bonds. The number of rotatable bonds is 4. The van der Waals surface area contributed by atoms with Crippen molar-refractivity contribution in [3.05, 3.63) is 33.7 Å². The van der Waals surface area contributed by atoms with Gasteiger partial charge in [0.15, 0.2) is 0 Å². The first-order valence-electron chi connectivity index (χ1n) is 5.82. The summed E-state index contributed by atoms with van der Waals surface area (Å²) < 4.78 is 6.48. The predicted molar refractivity (Wildman–Crippen MR) is 69.9 cm³/mol. The number of aryl methyl sites for hydroxylation is 1. The number of ether oxygens (including phenoxy) is 1. The number of likely N-dealkylation sites (N-methyl/N-ethyl adjacent to an activating group) is 1. The zero-order valence-electron chi connectivity index (χ0n) is 11.6. The van der Waals surface area contributed by atoms with Crippen LogP contribution in [-0.2, 0) is 11.8 Å². The Morgan fingerprint density at radius 3 is 2.67 bits per heavy atom. The fraction of sp³-hybridized carbons (Fsp3) is 0.538. The molecule has 5 heteroatoms. The van der Waals surface area contributed by atoms with Crippen molar-refractivity contribution < 1.29 is 9.53 Å². The molecule has 0 bridgehead atoms.